The van der Waals surface area contributed by atoms with E-state index < -0.39 is 39.5 Å². The molecule has 0 spiro atoms. The van der Waals surface area contributed by atoms with Gasteiger partial charge in [-0.15, -0.1) is 24.0 Å². The lowest BCUT2D eigenvalue weighted by Gasteiger charge is -2.32. The van der Waals surface area contributed by atoms with Crippen LogP contribution in [0.2, 0.25) is 20.1 Å². The summed E-state index contributed by atoms with van der Waals surface area (Å²) in [6.07, 6.45) is 16.8. The molecule has 19 nitrogen and oxygen atoms in total. The van der Waals surface area contributed by atoms with Crippen LogP contribution in [0.5, 0.6) is 11.5 Å². The predicted octanol–water partition coefficient (Wildman–Crippen LogP) is 22.4. The Morgan fingerprint density at radius 2 is 0.819 bits per heavy atom. The van der Waals surface area contributed by atoms with Crippen LogP contribution in [-0.2, 0) is 32.7 Å². The van der Waals surface area contributed by atoms with Crippen molar-refractivity contribution in [2.45, 2.75) is 130 Å². The Kier molecular flexibility index (Phi) is 29.2. The summed E-state index contributed by atoms with van der Waals surface area (Å²) in [6, 6.07) is 38.0. The lowest BCUT2D eigenvalue weighted by Crippen LogP contribution is -2.41. The summed E-state index contributed by atoms with van der Waals surface area (Å²) in [5.41, 5.74) is 16.9. The standard InChI is InChI=1S/C21H19BClNO3.C16H12BrClN2O.C15H7BrClNO.C12H24B2O4.C10H10BNO3.C6H4BrClIN.C4H8O.HI/c1-20(2)21(3,4)27-22(26-20)16-9-14(23)10-18-19(16)15-7-13-11-24-6-5-12(13)8-17(15)25-18;1-21-15-5-9-2-3-20-8-10(9)4-12(15)16-13(17)6-11(18)7-14(16)19;16-12-5-10(17)6-14-15(12)11-3-9-7-18-2-1-8(9)4-13(11)19-14;1-9(2)10(3,4)16-13(15-9)14-17-11(5,6)12(7,8)18-14;1-15-10-5-7-2-3-12-6-8(7)4-9(10)11(13)14;7-4-1-3(8)2-5(10)6(4)9;1-2-4-5-3-1;/h5-11H,1-4H3;2-8H,19H2,1H3;1-7H;1-8H3;2-6,13-14H,1H3;1-2H,10H2;1-4H2;1H. The zero-order chi connectivity index (χ0) is 83.0. The quantitative estimate of drug-likeness (QED) is 0.0522. The minimum atomic E-state index is -1.54. The number of nitrogens with zero attached hydrogens (tertiary/aromatic N) is 4. The second-order valence-corrected chi connectivity index (χ2v) is 36.1. The lowest BCUT2D eigenvalue weighted by molar-refractivity contribution is 0.00578. The zero-order valence-corrected chi connectivity index (χ0v) is 78.3. The molecule has 14 aromatic rings. The molecule has 10 heterocycles. The smallest absolute Gasteiger partial charge is 0.495 e. The van der Waals surface area contributed by atoms with Crippen molar-refractivity contribution in [1.82, 2.24) is 19.9 Å². The molecule has 0 saturated carbocycles. The molecule has 32 heteroatoms. The topological polar surface area (TPSA) is 253 Å². The van der Waals surface area contributed by atoms with Gasteiger partial charge in [0.05, 0.1) is 51.4 Å². The van der Waals surface area contributed by atoms with E-state index in [0.29, 0.717) is 42.7 Å². The summed E-state index contributed by atoms with van der Waals surface area (Å²) in [6.45, 7) is 26.4. The summed E-state index contributed by atoms with van der Waals surface area (Å²) in [7, 11) is 0.137. The van der Waals surface area contributed by atoms with Crippen LogP contribution in [0.15, 0.2) is 193 Å². The number of nitrogen functional groups attached to an aromatic ring is 2. The van der Waals surface area contributed by atoms with Gasteiger partial charge < -0.3 is 72.5 Å². The minimum Gasteiger partial charge on any atom is -0.497 e. The Bertz CT molecular complexity index is 5820. The SMILES string of the molecule is C1CCOC1.CC1(C)OB(B2OC(C)(C)C(C)(C)O2)OC1(C)C.CC1(C)OB(c2cc(Cl)cc3oc4cc5ccncc5cc4c23)OC1(C)C.COc1cc2ccncc2cc1-c1c(N)cc(Cl)cc1Br.COc1cc2ccncc2cc1B(O)O.Clc1cc(Br)c2c(c1)oc1cc3ccncc3cc12.I.Nc1cc(Cl)cc(Br)c1I. The molecule has 4 fully saturated rings. The van der Waals surface area contributed by atoms with Gasteiger partial charge in [0.25, 0.3) is 0 Å². The van der Waals surface area contributed by atoms with E-state index in [2.05, 4.69) is 102 Å². The molecule has 0 bridgehead atoms. The molecule has 4 aliphatic rings. The fourth-order valence-electron chi connectivity index (χ4n) is 13.0. The van der Waals surface area contributed by atoms with Crippen molar-refractivity contribution in [2.75, 3.05) is 38.9 Å². The van der Waals surface area contributed by atoms with Gasteiger partial charge in [-0.2, -0.15) is 0 Å². The summed E-state index contributed by atoms with van der Waals surface area (Å²) in [4.78, 5) is 16.5. The maximum atomic E-state index is 9.15. The molecule has 0 aliphatic carbocycles. The summed E-state index contributed by atoms with van der Waals surface area (Å²) in [5, 5.41) is 33.1. The molecule has 0 radical (unpaired) electrons. The van der Waals surface area contributed by atoms with E-state index in [0.717, 1.165) is 140 Å². The van der Waals surface area contributed by atoms with Crippen molar-refractivity contribution in [1.29, 1.82) is 0 Å². The van der Waals surface area contributed by atoms with E-state index >= 15 is 0 Å². The molecule has 0 unspecified atom stereocenters. The van der Waals surface area contributed by atoms with Gasteiger partial charge in [0.2, 0.25) is 0 Å². The monoisotopic (exact) mass is 2060 g/mol. The first-order chi connectivity index (χ1) is 54.3. The third-order valence-electron chi connectivity index (χ3n) is 21.3. The Labute approximate surface area is 750 Å². The molecule has 18 rings (SSSR count). The number of nitrogens with two attached hydrogens (primary N) is 2. The van der Waals surface area contributed by atoms with Crippen LogP contribution >= 0.6 is 141 Å². The number of methoxy groups -OCH3 is 2. The second-order valence-electron chi connectivity index (χ2n) is 30.7. The number of rotatable bonds is 6. The van der Waals surface area contributed by atoms with Crippen LogP contribution in [0.3, 0.4) is 0 Å². The van der Waals surface area contributed by atoms with Crippen molar-refractivity contribution in [2.24, 2.45) is 0 Å². The van der Waals surface area contributed by atoms with Crippen molar-refractivity contribution in [3.05, 3.63) is 208 Å². The van der Waals surface area contributed by atoms with Crippen LogP contribution in [0.4, 0.5) is 11.4 Å². The van der Waals surface area contributed by atoms with Crippen LogP contribution in [0, 0.1) is 3.57 Å². The predicted molar refractivity (Wildman–Crippen MR) is 504 cm³/mol. The van der Waals surface area contributed by atoms with Crippen molar-refractivity contribution in [3.63, 3.8) is 0 Å². The van der Waals surface area contributed by atoms with Crippen molar-refractivity contribution >= 4 is 278 Å². The third-order valence-corrected chi connectivity index (χ3v) is 26.0. The molecule has 604 valence electrons. The first kappa shape index (κ1) is 90.9. The van der Waals surface area contributed by atoms with Gasteiger partial charge in [-0.05, 0) is 292 Å². The lowest BCUT2D eigenvalue weighted by atomic mass is 9.49. The van der Waals surface area contributed by atoms with E-state index in [1.165, 1.54) is 20.0 Å². The molecule has 0 atom stereocenters. The van der Waals surface area contributed by atoms with E-state index in [-0.39, 0.29) is 46.4 Å². The van der Waals surface area contributed by atoms with Crippen LogP contribution in [0.1, 0.15) is 95.9 Å². The highest BCUT2D eigenvalue weighted by molar-refractivity contribution is 14.1. The molecule has 4 saturated heterocycles. The number of ether oxygens (including phenoxy) is 3. The normalized spacial score (nSPS) is 16.4. The number of hydrogen-bond donors (Lipinski definition) is 4. The van der Waals surface area contributed by atoms with Crippen LogP contribution in [-0.4, -0.2) is 119 Å². The number of anilines is 2. The highest BCUT2D eigenvalue weighted by Gasteiger charge is 2.64. The maximum absolute atomic E-state index is 9.15. The summed E-state index contributed by atoms with van der Waals surface area (Å²) in [5.74, 6) is 1.21. The molecule has 6 aromatic heterocycles. The molecule has 0 amide bonds. The highest BCUT2D eigenvalue weighted by atomic mass is 127. The van der Waals surface area contributed by atoms with E-state index in [4.69, 9.17) is 119 Å². The average molecular weight is 2070 g/mol. The number of aromatic nitrogens is 4. The third kappa shape index (κ3) is 20.2. The Balaban J connectivity index is 0.000000137. The molecule has 6 N–H and O–H groups in total. The zero-order valence-electron chi connectivity index (χ0n) is 66.1. The second kappa shape index (κ2) is 37.2. The maximum Gasteiger partial charge on any atom is 0.495 e. The Morgan fingerprint density at radius 1 is 0.440 bits per heavy atom. The number of pyridine rings is 4. The molecular formula is C84H85B4Br3Cl4I2N6O13. The number of furan rings is 2. The van der Waals surface area contributed by atoms with Crippen molar-refractivity contribution in [3.8, 4) is 22.6 Å². The first-order valence-corrected chi connectivity index (χ1v) is 41.7. The van der Waals surface area contributed by atoms with Crippen molar-refractivity contribution < 1.29 is 61.0 Å². The molecule has 4 aliphatic heterocycles. The van der Waals surface area contributed by atoms with Gasteiger partial charge in [0.1, 0.15) is 33.8 Å². The van der Waals surface area contributed by atoms with Gasteiger partial charge >= 0.3 is 28.3 Å². The van der Waals surface area contributed by atoms with Gasteiger partial charge in [-0.25, -0.2) is 0 Å². The van der Waals surface area contributed by atoms with Crippen LogP contribution in [0.25, 0.3) is 98.1 Å². The van der Waals surface area contributed by atoms with Crippen LogP contribution < -0.4 is 31.9 Å². The fourth-order valence-corrected chi connectivity index (χ4v) is 16.4. The molecule has 116 heavy (non-hydrogen) atoms. The Morgan fingerprint density at radius 3 is 1.25 bits per heavy atom. The summed E-state index contributed by atoms with van der Waals surface area (Å²) < 4.78 is 67.7. The first-order valence-electron chi connectivity index (χ1n) is 36.7. The fraction of sp³-hybridized carbons (Fsp3) is 0.286. The minimum absolute atomic E-state index is 0. The number of hydrogen-bond acceptors (Lipinski definition) is 19. The highest BCUT2D eigenvalue weighted by Crippen LogP contribution is 2.46. The van der Waals surface area contributed by atoms with Gasteiger partial charge in [0.15, 0.2) is 0 Å². The number of benzene rings is 8. The Hall–Kier alpha value is -5.84. The largest absolute Gasteiger partial charge is 0.497 e. The van der Waals surface area contributed by atoms with E-state index in [1.54, 1.807) is 62.4 Å². The van der Waals surface area contributed by atoms with E-state index in [1.807, 2.05) is 187 Å². The van der Waals surface area contributed by atoms with Gasteiger partial charge in [-0.1, -0.05) is 62.3 Å². The number of fused-ring (bicyclic) bond motifs is 10. The van der Waals surface area contributed by atoms with Gasteiger partial charge in [-0.3, -0.25) is 19.9 Å². The molecule has 8 aromatic carbocycles. The van der Waals surface area contributed by atoms with E-state index in [9.17, 15) is 0 Å². The summed E-state index contributed by atoms with van der Waals surface area (Å²) >= 11 is 36.7. The van der Waals surface area contributed by atoms with Gasteiger partial charge in [0, 0.05) is 174 Å². The average Bonchev–Trinajstić information content (AvgIpc) is 1.58. The number of halogens is 9. The molecular weight excluding hydrogens is 1980 g/mol.